The molecular weight excluding hydrogens is 401 g/mol. The van der Waals surface area contributed by atoms with Crippen LogP contribution in [-0.2, 0) is 9.53 Å². The van der Waals surface area contributed by atoms with Gasteiger partial charge in [-0.2, -0.15) is 26.3 Å². The van der Waals surface area contributed by atoms with Gasteiger partial charge < -0.3 is 14.9 Å². The Morgan fingerprint density at radius 2 is 1.21 bits per heavy atom. The third kappa shape index (κ3) is 4.90. The standard InChI is InChI=1S/C17H25F7O4/c1-5-13(2,18)12(25)28-11-7-9(14(3,26)16(19,20)21)6-10(8-11)15(4,27)17(22,23)24/h9-11,26-27H,5-8H2,1-4H3. The molecule has 28 heavy (non-hydrogen) atoms. The van der Waals surface area contributed by atoms with Crippen LogP contribution >= 0.6 is 0 Å². The largest absolute Gasteiger partial charge is 0.460 e. The number of esters is 1. The monoisotopic (exact) mass is 426 g/mol. The molecule has 0 heterocycles. The molecule has 1 aliphatic rings. The van der Waals surface area contributed by atoms with Gasteiger partial charge in [0.15, 0.2) is 11.2 Å². The third-order valence-corrected chi connectivity index (χ3v) is 5.76. The minimum atomic E-state index is -5.17. The van der Waals surface area contributed by atoms with Gasteiger partial charge in [-0.3, -0.25) is 0 Å². The second kappa shape index (κ2) is 7.62. The Hall–Kier alpha value is -1.10. The molecule has 0 amide bonds. The van der Waals surface area contributed by atoms with E-state index in [9.17, 15) is 45.7 Å². The normalized spacial score (nSPS) is 30.7. The maximum atomic E-state index is 14.1. The molecule has 4 nitrogen and oxygen atoms in total. The Balaban J connectivity index is 3.23. The molecular formula is C17H25F7O4. The molecule has 0 aromatic heterocycles. The van der Waals surface area contributed by atoms with E-state index in [1.807, 2.05) is 0 Å². The first-order valence-corrected chi connectivity index (χ1v) is 8.75. The molecule has 0 spiro atoms. The first-order chi connectivity index (χ1) is 12.3. The van der Waals surface area contributed by atoms with Crippen LogP contribution in [-0.4, -0.2) is 51.5 Å². The molecule has 1 rings (SSSR count). The van der Waals surface area contributed by atoms with Gasteiger partial charge in [-0.05, 0) is 46.5 Å². The Bertz CT molecular complexity index is 533. The van der Waals surface area contributed by atoms with Crippen LogP contribution in [0, 0.1) is 11.8 Å². The third-order valence-electron chi connectivity index (χ3n) is 5.76. The number of hydrogen-bond donors (Lipinski definition) is 2. The summed E-state index contributed by atoms with van der Waals surface area (Å²) in [5.41, 5.74) is -9.24. The first kappa shape index (κ1) is 24.9. The zero-order valence-corrected chi connectivity index (χ0v) is 15.9. The summed E-state index contributed by atoms with van der Waals surface area (Å²) < 4.78 is 98.2. The van der Waals surface area contributed by atoms with Crippen LogP contribution in [0.3, 0.4) is 0 Å². The van der Waals surface area contributed by atoms with Crippen LogP contribution in [0.5, 0.6) is 0 Å². The summed E-state index contributed by atoms with van der Waals surface area (Å²) in [7, 11) is 0. The van der Waals surface area contributed by atoms with E-state index < -0.39 is 72.4 Å². The van der Waals surface area contributed by atoms with Crippen LogP contribution < -0.4 is 0 Å². The summed E-state index contributed by atoms with van der Waals surface area (Å²) in [6.07, 6.45) is -14.2. The summed E-state index contributed by atoms with van der Waals surface area (Å²) in [6, 6.07) is 0. The van der Waals surface area contributed by atoms with Gasteiger partial charge in [0.25, 0.3) is 0 Å². The van der Waals surface area contributed by atoms with E-state index in [0.29, 0.717) is 13.8 Å². The molecule has 166 valence electrons. The fourth-order valence-corrected chi connectivity index (χ4v) is 3.16. The lowest BCUT2D eigenvalue weighted by molar-refractivity contribution is -0.299. The molecule has 5 unspecified atom stereocenters. The number of carbonyl (C=O) groups is 1. The molecule has 0 radical (unpaired) electrons. The number of halogens is 7. The number of rotatable bonds is 5. The van der Waals surface area contributed by atoms with Gasteiger partial charge in [0.05, 0.1) is 0 Å². The number of carbonyl (C=O) groups excluding carboxylic acids is 1. The second-order valence-corrected chi connectivity index (χ2v) is 7.97. The van der Waals surface area contributed by atoms with Crippen molar-refractivity contribution < 1.29 is 50.5 Å². The fourth-order valence-electron chi connectivity index (χ4n) is 3.16. The van der Waals surface area contributed by atoms with Crippen LogP contribution in [0.2, 0.25) is 0 Å². The van der Waals surface area contributed by atoms with Crippen molar-refractivity contribution in [2.24, 2.45) is 11.8 Å². The predicted molar refractivity (Wildman–Crippen MR) is 83.9 cm³/mol. The fraction of sp³-hybridized carbons (Fsp3) is 0.941. The molecule has 0 aromatic rings. The minimum absolute atomic E-state index is 0.314. The van der Waals surface area contributed by atoms with Crippen molar-refractivity contribution in [2.45, 2.75) is 88.7 Å². The van der Waals surface area contributed by atoms with E-state index in [4.69, 9.17) is 4.74 Å². The Morgan fingerprint density at radius 1 is 0.857 bits per heavy atom. The SMILES string of the molecule is CCC(C)(F)C(=O)OC1CC(C(C)(O)C(F)(F)F)CC(C(C)(O)C(F)(F)F)C1. The number of ether oxygens (including phenoxy) is 1. The maximum absolute atomic E-state index is 14.1. The highest BCUT2D eigenvalue weighted by molar-refractivity contribution is 5.78. The van der Waals surface area contributed by atoms with E-state index in [1.165, 1.54) is 6.92 Å². The van der Waals surface area contributed by atoms with Gasteiger partial charge in [-0.1, -0.05) is 6.92 Å². The van der Waals surface area contributed by atoms with E-state index in [-0.39, 0.29) is 6.42 Å². The molecule has 2 N–H and O–H groups in total. The minimum Gasteiger partial charge on any atom is -0.460 e. The first-order valence-electron chi connectivity index (χ1n) is 8.75. The van der Waals surface area contributed by atoms with Crippen LogP contribution in [0.25, 0.3) is 0 Å². The Kier molecular flexibility index (Phi) is 6.79. The highest BCUT2D eigenvalue weighted by Crippen LogP contribution is 2.50. The summed E-state index contributed by atoms with van der Waals surface area (Å²) in [5, 5.41) is 19.8. The van der Waals surface area contributed by atoms with Gasteiger partial charge in [0.2, 0.25) is 5.67 Å². The van der Waals surface area contributed by atoms with Gasteiger partial charge in [-0.15, -0.1) is 0 Å². The smallest absolute Gasteiger partial charge is 0.417 e. The van der Waals surface area contributed by atoms with E-state index in [2.05, 4.69) is 0 Å². The van der Waals surface area contributed by atoms with E-state index in [0.717, 1.165) is 6.92 Å². The van der Waals surface area contributed by atoms with Crippen molar-refractivity contribution in [3.8, 4) is 0 Å². The molecule has 1 fully saturated rings. The van der Waals surface area contributed by atoms with Crippen molar-refractivity contribution in [1.82, 2.24) is 0 Å². The number of hydrogen-bond acceptors (Lipinski definition) is 4. The van der Waals surface area contributed by atoms with Crippen molar-refractivity contribution in [1.29, 1.82) is 0 Å². The highest BCUT2D eigenvalue weighted by Gasteiger charge is 2.61. The van der Waals surface area contributed by atoms with Crippen LogP contribution in [0.4, 0.5) is 30.7 Å². The molecule has 1 aliphatic carbocycles. The van der Waals surface area contributed by atoms with Crippen LogP contribution in [0.15, 0.2) is 0 Å². The van der Waals surface area contributed by atoms with Crippen molar-refractivity contribution in [2.75, 3.05) is 0 Å². The Labute approximate surface area is 158 Å². The Morgan fingerprint density at radius 3 is 1.50 bits per heavy atom. The molecule has 0 aromatic carbocycles. The lowest BCUT2D eigenvalue weighted by Crippen LogP contribution is -2.57. The quantitative estimate of drug-likeness (QED) is 0.514. The second-order valence-electron chi connectivity index (χ2n) is 7.97. The average Bonchev–Trinajstić information content (AvgIpc) is 2.52. The topological polar surface area (TPSA) is 66.8 Å². The van der Waals surface area contributed by atoms with Crippen LogP contribution in [0.1, 0.15) is 53.4 Å². The predicted octanol–water partition coefficient (Wildman–Crippen LogP) is 4.08. The van der Waals surface area contributed by atoms with Gasteiger partial charge in [-0.25, -0.2) is 9.18 Å². The van der Waals surface area contributed by atoms with E-state index >= 15 is 0 Å². The summed E-state index contributed by atoms with van der Waals surface area (Å²) in [6.45, 7) is 3.01. The molecule has 0 aliphatic heterocycles. The maximum Gasteiger partial charge on any atom is 0.417 e. The molecule has 5 atom stereocenters. The molecule has 1 saturated carbocycles. The molecule has 0 bridgehead atoms. The van der Waals surface area contributed by atoms with Crippen molar-refractivity contribution >= 4 is 5.97 Å². The van der Waals surface area contributed by atoms with E-state index in [1.54, 1.807) is 0 Å². The number of aliphatic hydroxyl groups is 2. The zero-order valence-electron chi connectivity index (χ0n) is 15.9. The lowest BCUT2D eigenvalue weighted by atomic mass is 9.67. The lowest BCUT2D eigenvalue weighted by Gasteiger charge is -2.46. The summed E-state index contributed by atoms with van der Waals surface area (Å²) >= 11 is 0. The average molecular weight is 426 g/mol. The van der Waals surface area contributed by atoms with Crippen molar-refractivity contribution in [3.05, 3.63) is 0 Å². The summed E-state index contributed by atoms with van der Waals surface area (Å²) in [4.78, 5) is 11.9. The van der Waals surface area contributed by atoms with Gasteiger partial charge in [0.1, 0.15) is 6.10 Å². The number of alkyl halides is 7. The van der Waals surface area contributed by atoms with Crippen molar-refractivity contribution in [3.63, 3.8) is 0 Å². The van der Waals surface area contributed by atoms with Gasteiger partial charge in [0, 0.05) is 11.8 Å². The molecule has 0 saturated heterocycles. The summed E-state index contributed by atoms with van der Waals surface area (Å²) in [5.74, 6) is -5.02. The zero-order chi connectivity index (χ0) is 22.3. The molecule has 11 heteroatoms. The highest BCUT2D eigenvalue weighted by atomic mass is 19.4. The van der Waals surface area contributed by atoms with Gasteiger partial charge >= 0.3 is 18.3 Å².